The van der Waals surface area contributed by atoms with E-state index in [0.29, 0.717) is 6.42 Å². The van der Waals surface area contributed by atoms with Gasteiger partial charge >= 0.3 is 10.2 Å². The highest BCUT2D eigenvalue weighted by Crippen LogP contribution is 2.14. The average Bonchev–Trinajstić information content (AvgIpc) is 2.34. The highest BCUT2D eigenvalue weighted by molar-refractivity contribution is 7.88. The Kier molecular flexibility index (Phi) is 10.8. The van der Waals surface area contributed by atoms with Gasteiger partial charge in [-0.25, -0.2) is 0 Å². The van der Waals surface area contributed by atoms with E-state index in [9.17, 15) is 12.3 Å². The molecule has 0 aliphatic rings. The minimum absolute atomic E-state index is 0.474. The first-order valence-electron chi connectivity index (χ1n) is 7.65. The number of halogens is 1. The summed E-state index contributed by atoms with van der Waals surface area (Å²) in [6, 6.07) is 0. The van der Waals surface area contributed by atoms with E-state index >= 15 is 0 Å². The first-order chi connectivity index (χ1) is 10.1. The van der Waals surface area contributed by atoms with Gasteiger partial charge in [-0.05, 0) is 59.8 Å². The van der Waals surface area contributed by atoms with Crippen molar-refractivity contribution in [1.82, 2.24) is 0 Å². The number of rotatable bonds is 10. The molecule has 0 saturated carbocycles. The van der Waals surface area contributed by atoms with E-state index in [4.69, 9.17) is 0 Å². The van der Waals surface area contributed by atoms with Gasteiger partial charge in [0.15, 0.2) is 0 Å². The van der Waals surface area contributed by atoms with Gasteiger partial charge in [-0.1, -0.05) is 34.9 Å². The van der Waals surface area contributed by atoms with Crippen LogP contribution >= 0.6 is 12.6 Å². The van der Waals surface area contributed by atoms with Gasteiger partial charge < -0.3 is 0 Å². The smallest absolute Gasteiger partial charge is 0.195 e. The molecule has 0 aliphatic carbocycles. The molecule has 0 rings (SSSR count). The number of allylic oxidation sites excluding steroid dienone is 6. The fourth-order valence-corrected chi connectivity index (χ4v) is 3.21. The van der Waals surface area contributed by atoms with Crippen molar-refractivity contribution in [3.8, 4) is 0 Å². The predicted molar refractivity (Wildman–Crippen MR) is 97.7 cm³/mol. The summed E-state index contributed by atoms with van der Waals surface area (Å²) in [6.45, 7) is 8.37. The van der Waals surface area contributed by atoms with Crippen LogP contribution < -0.4 is 0 Å². The zero-order chi connectivity index (χ0) is 17.2. The second kappa shape index (κ2) is 11.1. The van der Waals surface area contributed by atoms with Crippen LogP contribution in [0.15, 0.2) is 34.9 Å². The molecule has 0 bridgehead atoms. The molecule has 2 nitrogen and oxygen atoms in total. The molecule has 1 unspecified atom stereocenters. The molecule has 0 aromatic carbocycles. The second-order valence-electron chi connectivity index (χ2n) is 6.05. The monoisotopic (exact) mass is 348 g/mol. The van der Waals surface area contributed by atoms with Crippen LogP contribution in [0.2, 0.25) is 0 Å². The van der Waals surface area contributed by atoms with Gasteiger partial charge in [0, 0.05) is 5.25 Å². The predicted octanol–water partition coefficient (Wildman–Crippen LogP) is 5.39. The molecule has 0 aromatic heterocycles. The molecule has 0 heterocycles. The number of hydrogen-bond acceptors (Lipinski definition) is 3. The molecule has 0 spiro atoms. The lowest BCUT2D eigenvalue weighted by molar-refractivity contribution is 0.550. The Balaban J connectivity index is 4.08. The summed E-state index contributed by atoms with van der Waals surface area (Å²) in [5.74, 6) is -0.525. The zero-order valence-corrected chi connectivity index (χ0v) is 15.8. The minimum Gasteiger partial charge on any atom is -0.195 e. The van der Waals surface area contributed by atoms with E-state index < -0.39 is 21.2 Å². The number of hydrogen-bond donors (Lipinski definition) is 1. The Morgan fingerprint density at radius 2 is 1.50 bits per heavy atom. The number of thiol groups is 1. The maximum atomic E-state index is 12.5. The van der Waals surface area contributed by atoms with Gasteiger partial charge in [-0.15, -0.1) is 3.89 Å². The van der Waals surface area contributed by atoms with Crippen molar-refractivity contribution in [3.63, 3.8) is 0 Å². The minimum atomic E-state index is -4.43. The molecular weight excluding hydrogens is 319 g/mol. The van der Waals surface area contributed by atoms with Crippen molar-refractivity contribution in [2.24, 2.45) is 0 Å². The van der Waals surface area contributed by atoms with Crippen molar-refractivity contribution >= 4 is 22.9 Å². The van der Waals surface area contributed by atoms with Gasteiger partial charge in [0.05, 0.1) is 5.75 Å². The first kappa shape index (κ1) is 21.4. The SMILES string of the molecule is CC(C)=CCCC(C)=CCCC(C)=CCC(S)CS(=O)(=O)F. The van der Waals surface area contributed by atoms with Crippen molar-refractivity contribution in [2.45, 2.75) is 65.0 Å². The second-order valence-corrected chi connectivity index (χ2v) is 8.20. The van der Waals surface area contributed by atoms with Gasteiger partial charge in [0.2, 0.25) is 0 Å². The fraction of sp³-hybridized carbons (Fsp3) is 0.647. The van der Waals surface area contributed by atoms with E-state index in [1.165, 1.54) is 16.7 Å². The zero-order valence-electron chi connectivity index (χ0n) is 14.1. The van der Waals surface area contributed by atoms with Crippen LogP contribution in [-0.4, -0.2) is 19.4 Å². The summed E-state index contributed by atoms with van der Waals surface area (Å²) in [5, 5.41) is -0.480. The Morgan fingerprint density at radius 1 is 1.00 bits per heavy atom. The molecule has 0 fully saturated rings. The third kappa shape index (κ3) is 14.4. The van der Waals surface area contributed by atoms with Crippen LogP contribution in [0.25, 0.3) is 0 Å². The van der Waals surface area contributed by atoms with Crippen molar-refractivity contribution in [1.29, 1.82) is 0 Å². The quantitative estimate of drug-likeness (QED) is 0.326. The van der Waals surface area contributed by atoms with Crippen LogP contribution in [0.5, 0.6) is 0 Å². The van der Waals surface area contributed by atoms with E-state index in [0.717, 1.165) is 25.7 Å². The molecular formula is C17H29FO2S2. The average molecular weight is 349 g/mol. The van der Waals surface area contributed by atoms with Gasteiger partial charge in [0.25, 0.3) is 0 Å². The first-order valence-corrected chi connectivity index (χ1v) is 9.72. The molecule has 0 saturated heterocycles. The van der Waals surface area contributed by atoms with Gasteiger partial charge in [0.1, 0.15) is 0 Å². The highest BCUT2D eigenvalue weighted by Gasteiger charge is 2.13. The summed E-state index contributed by atoms with van der Waals surface area (Å²) in [4.78, 5) is 0. The summed E-state index contributed by atoms with van der Waals surface area (Å²) >= 11 is 4.10. The molecule has 0 amide bonds. The normalized spacial score (nSPS) is 14.8. The lowest BCUT2D eigenvalue weighted by Gasteiger charge is -2.06. The molecule has 0 aliphatic heterocycles. The van der Waals surface area contributed by atoms with Crippen LogP contribution in [0.4, 0.5) is 3.89 Å². The van der Waals surface area contributed by atoms with Crippen LogP contribution in [0.3, 0.4) is 0 Å². The summed E-state index contributed by atoms with van der Waals surface area (Å²) in [5.41, 5.74) is 3.92. The van der Waals surface area contributed by atoms with Crippen LogP contribution in [0, 0.1) is 0 Å². The molecule has 22 heavy (non-hydrogen) atoms. The lowest BCUT2D eigenvalue weighted by Crippen LogP contribution is -2.11. The van der Waals surface area contributed by atoms with Gasteiger partial charge in [-0.3, -0.25) is 0 Å². The molecule has 0 aromatic rings. The lowest BCUT2D eigenvalue weighted by atomic mass is 10.1. The van der Waals surface area contributed by atoms with Crippen molar-refractivity contribution in [2.75, 3.05) is 5.75 Å². The molecule has 0 radical (unpaired) electrons. The molecule has 5 heteroatoms. The maximum absolute atomic E-state index is 12.5. The summed E-state index contributed by atoms with van der Waals surface area (Å²) in [6.07, 6.45) is 11.0. The highest BCUT2D eigenvalue weighted by atomic mass is 32.3. The van der Waals surface area contributed by atoms with Crippen LogP contribution in [0.1, 0.15) is 59.8 Å². The van der Waals surface area contributed by atoms with Crippen LogP contribution in [-0.2, 0) is 10.2 Å². The third-order valence-corrected chi connectivity index (χ3v) is 4.69. The maximum Gasteiger partial charge on any atom is 0.303 e. The van der Waals surface area contributed by atoms with E-state index in [2.05, 4.69) is 45.6 Å². The van der Waals surface area contributed by atoms with Crippen molar-refractivity contribution < 1.29 is 12.3 Å². The Bertz CT molecular complexity index is 513. The van der Waals surface area contributed by atoms with Gasteiger partial charge in [-0.2, -0.15) is 21.0 Å². The summed E-state index contributed by atoms with van der Waals surface area (Å²) < 4.78 is 33.5. The molecule has 128 valence electrons. The third-order valence-electron chi connectivity index (χ3n) is 3.25. The van der Waals surface area contributed by atoms with E-state index in [-0.39, 0.29) is 0 Å². The standard InChI is InChI=1S/C17H29FO2S2/c1-14(2)7-5-8-15(3)9-6-10-16(4)11-12-17(21)13-22(18,19)20/h7,9,11,17,21H,5-6,8,10,12-13H2,1-4H3. The topological polar surface area (TPSA) is 34.1 Å². The fourth-order valence-electron chi connectivity index (χ4n) is 1.97. The largest absolute Gasteiger partial charge is 0.303 e. The molecule has 1 atom stereocenters. The van der Waals surface area contributed by atoms with E-state index in [1.54, 1.807) is 0 Å². The van der Waals surface area contributed by atoms with E-state index in [1.807, 2.05) is 13.0 Å². The Morgan fingerprint density at radius 3 is 2.00 bits per heavy atom. The molecule has 0 N–H and O–H groups in total. The Hall–Kier alpha value is -0.550. The summed E-state index contributed by atoms with van der Waals surface area (Å²) in [7, 11) is -4.43. The van der Waals surface area contributed by atoms with Crippen molar-refractivity contribution in [3.05, 3.63) is 34.9 Å². The Labute approximate surface area is 141 Å².